The highest BCUT2D eigenvalue weighted by molar-refractivity contribution is 5.35. The molecule has 0 saturated carbocycles. The Morgan fingerprint density at radius 1 is 1.29 bits per heavy atom. The van der Waals surface area contributed by atoms with E-state index in [9.17, 15) is 18.0 Å². The zero-order valence-corrected chi connectivity index (χ0v) is 6.69. The Bertz CT molecular complexity index is 525. The average molecular weight is 203 g/mol. The number of rotatable bonds is 0. The predicted octanol–water partition coefficient (Wildman–Crippen LogP) is 0.972. The van der Waals surface area contributed by atoms with Crippen LogP contribution in [0.2, 0.25) is 0 Å². The van der Waals surface area contributed by atoms with E-state index in [-0.39, 0.29) is 5.65 Å². The lowest BCUT2D eigenvalue weighted by Crippen LogP contribution is -2.31. The van der Waals surface area contributed by atoms with Crippen LogP contribution < -0.4 is 5.69 Å². The van der Waals surface area contributed by atoms with E-state index in [1.807, 2.05) is 0 Å². The number of pyridine rings is 1. The lowest BCUT2D eigenvalue weighted by molar-refractivity contribution is -0.214. The predicted molar refractivity (Wildman–Crippen MR) is 40.8 cm³/mol. The summed E-state index contributed by atoms with van der Waals surface area (Å²) in [6, 6.07) is 4.28. The quantitative estimate of drug-likeness (QED) is 0.640. The first-order valence-corrected chi connectivity index (χ1v) is 3.64. The summed E-state index contributed by atoms with van der Waals surface area (Å²) in [5, 5.41) is 3.13. The van der Waals surface area contributed by atoms with Crippen molar-refractivity contribution in [3.8, 4) is 0 Å². The Kier molecular flexibility index (Phi) is 1.63. The molecule has 0 radical (unpaired) electrons. The van der Waals surface area contributed by atoms with Crippen molar-refractivity contribution in [3.63, 3.8) is 0 Å². The minimum absolute atomic E-state index is 0.0326. The van der Waals surface area contributed by atoms with Crippen LogP contribution in [0.3, 0.4) is 0 Å². The second kappa shape index (κ2) is 2.60. The van der Waals surface area contributed by atoms with Gasteiger partial charge in [0.05, 0.1) is 0 Å². The molecule has 0 aliphatic rings. The molecule has 0 saturated heterocycles. The largest absolute Gasteiger partial charge is 0.509 e. The third kappa shape index (κ3) is 1.17. The molecule has 7 heteroatoms. The number of nitrogens with zero attached hydrogens (tertiary/aromatic N) is 3. The zero-order chi connectivity index (χ0) is 10.3. The standard InChI is InChI=1S/C7H4F3N3O/c8-7(9,10)13-6(14)12-4-2-1-3-5(12)11-13/h1-4H. The number of alkyl halides is 3. The van der Waals surface area contributed by atoms with Crippen molar-refractivity contribution in [2.24, 2.45) is 0 Å². The summed E-state index contributed by atoms with van der Waals surface area (Å²) in [4.78, 5) is 11.1. The highest BCUT2D eigenvalue weighted by atomic mass is 19.4. The molecule has 2 aromatic heterocycles. The van der Waals surface area contributed by atoms with Gasteiger partial charge >= 0.3 is 12.0 Å². The summed E-state index contributed by atoms with van der Waals surface area (Å²) in [6.45, 7) is 0. The maximum Gasteiger partial charge on any atom is 0.509 e. The lowest BCUT2D eigenvalue weighted by Gasteiger charge is -2.01. The second-order valence-electron chi connectivity index (χ2n) is 2.59. The van der Waals surface area contributed by atoms with Crippen LogP contribution >= 0.6 is 0 Å². The van der Waals surface area contributed by atoms with E-state index < -0.39 is 16.7 Å². The van der Waals surface area contributed by atoms with E-state index in [1.54, 1.807) is 0 Å². The van der Waals surface area contributed by atoms with Gasteiger partial charge in [0.1, 0.15) is 0 Å². The van der Waals surface area contributed by atoms with Crippen molar-refractivity contribution in [1.82, 2.24) is 14.2 Å². The number of hydrogen-bond acceptors (Lipinski definition) is 2. The van der Waals surface area contributed by atoms with E-state index in [0.717, 1.165) is 4.40 Å². The van der Waals surface area contributed by atoms with Crippen LogP contribution in [-0.4, -0.2) is 14.2 Å². The summed E-state index contributed by atoms with van der Waals surface area (Å²) in [6.07, 6.45) is -3.55. The van der Waals surface area contributed by atoms with Gasteiger partial charge in [0.25, 0.3) is 0 Å². The maximum atomic E-state index is 12.2. The molecule has 0 aliphatic heterocycles. The van der Waals surface area contributed by atoms with Gasteiger partial charge in [-0.2, -0.15) is 0 Å². The third-order valence-electron chi connectivity index (χ3n) is 1.67. The van der Waals surface area contributed by atoms with E-state index in [0.29, 0.717) is 0 Å². The number of fused-ring (bicyclic) bond motifs is 1. The van der Waals surface area contributed by atoms with Gasteiger partial charge in [0, 0.05) is 6.20 Å². The first kappa shape index (κ1) is 8.79. The van der Waals surface area contributed by atoms with Crippen molar-refractivity contribution in [2.45, 2.75) is 6.30 Å². The topological polar surface area (TPSA) is 39.3 Å². The van der Waals surface area contributed by atoms with Crippen LogP contribution in [0.25, 0.3) is 5.65 Å². The molecule has 0 atom stereocenters. The average Bonchev–Trinajstić information content (AvgIpc) is 2.44. The third-order valence-corrected chi connectivity index (χ3v) is 1.67. The summed E-state index contributed by atoms with van der Waals surface area (Å²) in [5.74, 6) is 0. The minimum Gasteiger partial charge on any atom is -0.250 e. The summed E-state index contributed by atoms with van der Waals surface area (Å²) in [5.41, 5.74) is -1.25. The Hall–Kier alpha value is -1.79. The molecule has 4 nitrogen and oxygen atoms in total. The van der Waals surface area contributed by atoms with Gasteiger partial charge in [-0.05, 0) is 12.1 Å². The van der Waals surface area contributed by atoms with Crippen LogP contribution in [0.4, 0.5) is 13.2 Å². The Morgan fingerprint density at radius 2 is 2.00 bits per heavy atom. The Labute approximate surface area is 75.2 Å². The van der Waals surface area contributed by atoms with Gasteiger partial charge in [-0.15, -0.1) is 23.0 Å². The Balaban J connectivity index is 2.82. The first-order chi connectivity index (χ1) is 6.50. The van der Waals surface area contributed by atoms with Crippen molar-refractivity contribution in [3.05, 3.63) is 34.9 Å². The van der Waals surface area contributed by atoms with Crippen molar-refractivity contribution < 1.29 is 13.2 Å². The fourth-order valence-corrected chi connectivity index (χ4v) is 1.09. The maximum absolute atomic E-state index is 12.2. The molecular weight excluding hydrogens is 199 g/mol. The van der Waals surface area contributed by atoms with Crippen molar-refractivity contribution >= 4 is 5.65 Å². The second-order valence-corrected chi connectivity index (χ2v) is 2.59. The van der Waals surface area contributed by atoms with Crippen LogP contribution in [0.5, 0.6) is 0 Å². The lowest BCUT2D eigenvalue weighted by atomic mass is 10.5. The summed E-state index contributed by atoms with van der Waals surface area (Å²) in [7, 11) is 0. The monoisotopic (exact) mass is 203 g/mol. The molecule has 0 aliphatic carbocycles. The number of halogens is 3. The zero-order valence-electron chi connectivity index (χ0n) is 6.69. The van der Waals surface area contributed by atoms with Crippen molar-refractivity contribution in [1.29, 1.82) is 0 Å². The summed E-state index contributed by atoms with van der Waals surface area (Å²) >= 11 is 0. The molecule has 0 N–H and O–H groups in total. The van der Waals surface area contributed by atoms with E-state index >= 15 is 0 Å². The van der Waals surface area contributed by atoms with Crippen LogP contribution in [-0.2, 0) is 6.30 Å². The van der Waals surface area contributed by atoms with E-state index in [1.165, 1.54) is 24.4 Å². The van der Waals surface area contributed by atoms with E-state index in [2.05, 4.69) is 5.10 Å². The molecule has 2 heterocycles. The molecular formula is C7H4F3N3O. The van der Waals surface area contributed by atoms with Gasteiger partial charge < -0.3 is 0 Å². The molecule has 0 bridgehead atoms. The van der Waals surface area contributed by atoms with Crippen LogP contribution in [0, 0.1) is 0 Å². The van der Waals surface area contributed by atoms with Gasteiger partial charge in [-0.3, -0.25) is 4.40 Å². The molecule has 0 aromatic carbocycles. The number of hydrogen-bond donors (Lipinski definition) is 0. The van der Waals surface area contributed by atoms with Gasteiger partial charge in [0.2, 0.25) is 0 Å². The Morgan fingerprint density at radius 3 is 2.57 bits per heavy atom. The molecule has 0 fully saturated rings. The number of aromatic nitrogens is 3. The normalized spacial score (nSPS) is 12.2. The molecule has 0 unspecified atom stereocenters. The molecule has 0 spiro atoms. The highest BCUT2D eigenvalue weighted by Crippen LogP contribution is 2.18. The molecule has 0 amide bonds. The smallest absolute Gasteiger partial charge is 0.250 e. The molecule has 74 valence electrons. The fraction of sp³-hybridized carbons (Fsp3) is 0.143. The summed E-state index contributed by atoms with van der Waals surface area (Å²) < 4.78 is 36.9. The molecule has 2 aromatic rings. The molecule has 14 heavy (non-hydrogen) atoms. The van der Waals surface area contributed by atoms with Crippen LogP contribution in [0.1, 0.15) is 0 Å². The minimum atomic E-state index is -4.77. The molecule has 2 rings (SSSR count). The van der Waals surface area contributed by atoms with E-state index in [4.69, 9.17) is 0 Å². The van der Waals surface area contributed by atoms with Gasteiger partial charge in [0.15, 0.2) is 5.65 Å². The fourth-order valence-electron chi connectivity index (χ4n) is 1.09. The van der Waals surface area contributed by atoms with Crippen LogP contribution in [0.15, 0.2) is 29.2 Å². The first-order valence-electron chi connectivity index (χ1n) is 3.64. The van der Waals surface area contributed by atoms with Gasteiger partial charge in [-0.25, -0.2) is 4.79 Å². The van der Waals surface area contributed by atoms with Gasteiger partial charge in [-0.1, -0.05) is 6.07 Å². The van der Waals surface area contributed by atoms with Crippen molar-refractivity contribution in [2.75, 3.05) is 0 Å². The highest BCUT2D eigenvalue weighted by Gasteiger charge is 2.35. The SMILES string of the molecule is O=c1n(C(F)(F)F)nc2ccccn12.